The molecule has 3 aromatic carbocycles. The maximum Gasteiger partial charge on any atom is 0.344 e. The van der Waals surface area contributed by atoms with Crippen LogP contribution < -0.4 is 9.64 Å². The molecule has 0 radical (unpaired) electrons. The predicted molar refractivity (Wildman–Crippen MR) is 118 cm³/mol. The van der Waals surface area contributed by atoms with Crippen molar-refractivity contribution in [1.82, 2.24) is 0 Å². The van der Waals surface area contributed by atoms with Gasteiger partial charge < -0.3 is 14.4 Å². The van der Waals surface area contributed by atoms with E-state index in [9.17, 15) is 18.0 Å². The summed E-state index contributed by atoms with van der Waals surface area (Å²) in [6, 6.07) is 10.7. The van der Waals surface area contributed by atoms with E-state index in [4.69, 9.17) is 9.47 Å². The molecule has 8 heteroatoms. The predicted octanol–water partition coefficient (Wildman–Crippen LogP) is 6.32. The molecular weight excluding hydrogens is 438 g/mol. The minimum absolute atomic E-state index is 0.0344. The smallest absolute Gasteiger partial charge is 0.344 e. The van der Waals surface area contributed by atoms with Gasteiger partial charge in [-0.25, -0.2) is 22.4 Å². The first kappa shape index (κ1) is 24.1. The molecule has 0 aliphatic rings. The Kier molecular flexibility index (Phi) is 7.26. The topological polar surface area (TPSA) is 38.8 Å². The fraction of sp³-hybridized carbons (Fsp3) is 0.240. The third kappa shape index (κ3) is 5.45. The van der Waals surface area contributed by atoms with Crippen LogP contribution in [0, 0.1) is 30.2 Å². The number of halogens is 4. The first-order valence-electron chi connectivity index (χ1n) is 10.2. The van der Waals surface area contributed by atoms with E-state index in [1.807, 2.05) is 0 Å². The zero-order valence-electron chi connectivity index (χ0n) is 18.6. The Hall–Kier alpha value is -3.55. The minimum Gasteiger partial charge on any atom is -0.479 e. The van der Waals surface area contributed by atoms with Crippen LogP contribution in [0.25, 0.3) is 11.1 Å². The number of anilines is 2. The van der Waals surface area contributed by atoms with E-state index in [1.165, 1.54) is 44.3 Å². The molecule has 0 bridgehead atoms. The highest BCUT2D eigenvalue weighted by Gasteiger charge is 2.24. The number of benzene rings is 3. The van der Waals surface area contributed by atoms with Crippen molar-refractivity contribution >= 4 is 17.3 Å². The molecule has 0 spiro atoms. The number of hydrogen-bond donors (Lipinski definition) is 0. The molecule has 0 amide bonds. The van der Waals surface area contributed by atoms with Gasteiger partial charge in [-0.2, -0.15) is 0 Å². The van der Waals surface area contributed by atoms with Crippen LogP contribution in [0.15, 0.2) is 48.5 Å². The molecule has 0 N–H and O–H groups in total. The van der Waals surface area contributed by atoms with E-state index in [0.717, 1.165) is 17.0 Å². The Labute approximate surface area is 189 Å². The zero-order chi connectivity index (χ0) is 24.3. The average molecular weight is 461 g/mol. The number of aryl methyl sites for hydroxylation is 1. The lowest BCUT2D eigenvalue weighted by Gasteiger charge is -2.24. The van der Waals surface area contributed by atoms with Crippen molar-refractivity contribution in [2.45, 2.75) is 26.9 Å². The number of rotatable bonds is 7. The summed E-state index contributed by atoms with van der Waals surface area (Å²) in [6.45, 7) is 4.12. The third-order valence-corrected chi connectivity index (χ3v) is 4.84. The molecule has 0 saturated carbocycles. The van der Waals surface area contributed by atoms with Crippen molar-refractivity contribution in [1.29, 1.82) is 0 Å². The fourth-order valence-corrected chi connectivity index (χ4v) is 3.29. The maximum absolute atomic E-state index is 15.2. The van der Waals surface area contributed by atoms with E-state index < -0.39 is 41.5 Å². The second-order valence-corrected chi connectivity index (χ2v) is 7.73. The van der Waals surface area contributed by atoms with Gasteiger partial charge in [0, 0.05) is 7.05 Å². The van der Waals surface area contributed by atoms with E-state index in [0.29, 0.717) is 11.1 Å². The monoisotopic (exact) mass is 461 g/mol. The Morgan fingerprint density at radius 3 is 2.33 bits per heavy atom. The van der Waals surface area contributed by atoms with Gasteiger partial charge in [-0.15, -0.1) is 0 Å². The molecule has 0 saturated heterocycles. The van der Waals surface area contributed by atoms with Gasteiger partial charge in [0.25, 0.3) is 0 Å². The Bertz CT molecular complexity index is 1180. The Morgan fingerprint density at radius 1 is 0.970 bits per heavy atom. The highest BCUT2D eigenvalue weighted by atomic mass is 19.1. The standard InChI is InChI=1S/C25H23F4NO3/c1-14(2)33-22(31)13-32-21-10-15(3)23(28)25(24(21)29)30(4)20-12-17(8-9-19(20)27)16-6-5-7-18(26)11-16/h5-12,14H,13H2,1-4H3. The molecule has 0 atom stereocenters. The van der Waals surface area contributed by atoms with Crippen LogP contribution in [0.3, 0.4) is 0 Å². The number of carbonyl (C=O) groups is 1. The Balaban J connectivity index is 2.00. The number of nitrogens with zero attached hydrogens (tertiary/aromatic N) is 1. The fourth-order valence-electron chi connectivity index (χ4n) is 3.29. The van der Waals surface area contributed by atoms with Gasteiger partial charge in [-0.3, -0.25) is 0 Å². The minimum atomic E-state index is -1.10. The molecule has 33 heavy (non-hydrogen) atoms. The number of hydrogen-bond acceptors (Lipinski definition) is 4. The van der Waals surface area contributed by atoms with Gasteiger partial charge in [-0.1, -0.05) is 18.2 Å². The molecular formula is C25H23F4NO3. The van der Waals surface area contributed by atoms with Crippen LogP contribution in [-0.4, -0.2) is 25.7 Å². The second-order valence-electron chi connectivity index (χ2n) is 7.73. The summed E-state index contributed by atoms with van der Waals surface area (Å²) in [5.74, 6) is -4.31. The lowest BCUT2D eigenvalue weighted by atomic mass is 10.0. The molecule has 0 aliphatic heterocycles. The lowest BCUT2D eigenvalue weighted by molar-refractivity contribution is -0.149. The van der Waals surface area contributed by atoms with E-state index in [-0.39, 0.29) is 23.1 Å². The lowest BCUT2D eigenvalue weighted by Crippen LogP contribution is -2.20. The van der Waals surface area contributed by atoms with Crippen molar-refractivity contribution in [2.75, 3.05) is 18.6 Å². The quantitative estimate of drug-likeness (QED) is 0.305. The number of esters is 1. The van der Waals surface area contributed by atoms with Crippen LogP contribution >= 0.6 is 0 Å². The first-order valence-corrected chi connectivity index (χ1v) is 10.2. The third-order valence-electron chi connectivity index (χ3n) is 4.84. The molecule has 0 unspecified atom stereocenters. The van der Waals surface area contributed by atoms with Crippen LogP contribution in [0.2, 0.25) is 0 Å². The highest BCUT2D eigenvalue weighted by molar-refractivity contribution is 5.74. The van der Waals surface area contributed by atoms with Crippen molar-refractivity contribution in [2.24, 2.45) is 0 Å². The molecule has 174 valence electrons. The summed E-state index contributed by atoms with van der Waals surface area (Å²) in [6.07, 6.45) is -0.379. The van der Waals surface area contributed by atoms with Crippen molar-refractivity contribution in [3.05, 3.63) is 77.4 Å². The molecule has 0 aliphatic carbocycles. The maximum atomic E-state index is 15.2. The largest absolute Gasteiger partial charge is 0.479 e. The SMILES string of the molecule is Cc1cc(OCC(=O)OC(C)C)c(F)c(N(C)c2cc(-c3cccc(F)c3)ccc2F)c1F. The summed E-state index contributed by atoms with van der Waals surface area (Å²) in [5.41, 5.74) is 0.275. The van der Waals surface area contributed by atoms with Gasteiger partial charge in [-0.05, 0) is 67.8 Å². The summed E-state index contributed by atoms with van der Waals surface area (Å²) in [5, 5.41) is 0. The summed E-state index contributed by atoms with van der Waals surface area (Å²) >= 11 is 0. The van der Waals surface area contributed by atoms with Crippen LogP contribution in [0.5, 0.6) is 5.75 Å². The first-order chi connectivity index (χ1) is 15.6. The normalized spacial score (nSPS) is 10.9. The van der Waals surface area contributed by atoms with E-state index in [1.54, 1.807) is 19.9 Å². The van der Waals surface area contributed by atoms with Gasteiger partial charge in [0.1, 0.15) is 17.3 Å². The molecule has 3 aromatic rings. The number of ether oxygens (including phenoxy) is 2. The van der Waals surface area contributed by atoms with Gasteiger partial charge in [0.2, 0.25) is 0 Å². The van der Waals surface area contributed by atoms with Crippen LogP contribution in [-0.2, 0) is 9.53 Å². The molecule has 0 fully saturated rings. The molecule has 4 nitrogen and oxygen atoms in total. The average Bonchev–Trinajstić information content (AvgIpc) is 2.75. The molecule has 0 aromatic heterocycles. The summed E-state index contributed by atoms with van der Waals surface area (Å²) < 4.78 is 68.7. The van der Waals surface area contributed by atoms with Gasteiger partial charge in [0.15, 0.2) is 24.0 Å². The van der Waals surface area contributed by atoms with Crippen molar-refractivity contribution in [3.63, 3.8) is 0 Å². The summed E-state index contributed by atoms with van der Waals surface area (Å²) in [4.78, 5) is 12.7. The summed E-state index contributed by atoms with van der Waals surface area (Å²) in [7, 11) is 1.30. The zero-order valence-corrected chi connectivity index (χ0v) is 18.6. The van der Waals surface area contributed by atoms with Gasteiger partial charge >= 0.3 is 5.97 Å². The van der Waals surface area contributed by atoms with Crippen molar-refractivity contribution < 1.29 is 31.8 Å². The number of carbonyl (C=O) groups excluding carboxylic acids is 1. The molecule has 3 rings (SSSR count). The van der Waals surface area contributed by atoms with Crippen LogP contribution in [0.4, 0.5) is 28.9 Å². The van der Waals surface area contributed by atoms with Crippen LogP contribution in [0.1, 0.15) is 19.4 Å². The second kappa shape index (κ2) is 9.94. The van der Waals surface area contributed by atoms with E-state index >= 15 is 4.39 Å². The van der Waals surface area contributed by atoms with Crippen molar-refractivity contribution in [3.8, 4) is 16.9 Å². The molecule has 0 heterocycles. The highest BCUT2D eigenvalue weighted by Crippen LogP contribution is 2.38. The Morgan fingerprint density at radius 2 is 1.67 bits per heavy atom. The van der Waals surface area contributed by atoms with Gasteiger partial charge in [0.05, 0.1) is 11.8 Å². The van der Waals surface area contributed by atoms with E-state index in [2.05, 4.69) is 0 Å².